The van der Waals surface area contributed by atoms with Crippen molar-refractivity contribution in [2.75, 3.05) is 0 Å². The van der Waals surface area contributed by atoms with E-state index in [4.69, 9.17) is 9.47 Å². The number of esters is 1. The molecule has 0 saturated carbocycles. The van der Waals surface area contributed by atoms with Crippen molar-refractivity contribution >= 4 is 5.97 Å². The van der Waals surface area contributed by atoms with Crippen molar-refractivity contribution < 1.29 is 14.3 Å². The number of carbonyl (C=O) groups excluding carboxylic acids is 1. The fourth-order valence-electron chi connectivity index (χ4n) is 3.57. The predicted molar refractivity (Wildman–Crippen MR) is 126 cm³/mol. The van der Waals surface area contributed by atoms with Gasteiger partial charge in [0, 0.05) is 5.41 Å². The molecule has 0 radical (unpaired) electrons. The Balaban J connectivity index is 2.00. The van der Waals surface area contributed by atoms with E-state index in [1.165, 1.54) is 5.56 Å². The normalized spacial score (nSPS) is 13.5. The number of hydrogen-bond acceptors (Lipinski definition) is 3. The van der Waals surface area contributed by atoms with E-state index < -0.39 is 0 Å². The van der Waals surface area contributed by atoms with E-state index in [0.29, 0.717) is 5.75 Å². The third-order valence-electron chi connectivity index (χ3n) is 5.33. The number of hydrogen-bond donors (Lipinski definition) is 0. The molecule has 0 aromatic heterocycles. The SMILES string of the molecule is CC(C)C(=O)Oc1ccc(C(C)(c2ccccc2)c2ccc(OC(C)(C)C)cc2)cc1. The Morgan fingerprint density at radius 1 is 0.677 bits per heavy atom. The van der Waals surface area contributed by atoms with E-state index in [-0.39, 0.29) is 22.9 Å². The maximum absolute atomic E-state index is 11.9. The van der Waals surface area contributed by atoms with E-state index in [1.807, 2.05) is 77.1 Å². The first kappa shape index (κ1) is 22.6. The highest BCUT2D eigenvalue weighted by atomic mass is 16.5. The summed E-state index contributed by atoms with van der Waals surface area (Å²) in [6, 6.07) is 26.6. The van der Waals surface area contributed by atoms with Gasteiger partial charge in [0.25, 0.3) is 0 Å². The van der Waals surface area contributed by atoms with E-state index >= 15 is 0 Å². The molecule has 0 aliphatic rings. The maximum Gasteiger partial charge on any atom is 0.313 e. The molecule has 0 aliphatic carbocycles. The molecular weight excluding hydrogens is 384 g/mol. The second-order valence-corrected chi connectivity index (χ2v) is 9.33. The maximum atomic E-state index is 11.9. The van der Waals surface area contributed by atoms with Gasteiger partial charge in [0.2, 0.25) is 0 Å². The summed E-state index contributed by atoms with van der Waals surface area (Å²) in [4.78, 5) is 11.9. The molecule has 0 aliphatic heterocycles. The summed E-state index contributed by atoms with van der Waals surface area (Å²) in [5.74, 6) is 1.02. The molecule has 162 valence electrons. The zero-order valence-electron chi connectivity index (χ0n) is 19.3. The lowest BCUT2D eigenvalue weighted by atomic mass is 9.71. The fraction of sp³-hybridized carbons (Fsp3) is 0.321. The van der Waals surface area contributed by atoms with Gasteiger partial charge in [-0.25, -0.2) is 0 Å². The summed E-state index contributed by atoms with van der Waals surface area (Å²) in [6.07, 6.45) is 0. The van der Waals surface area contributed by atoms with E-state index in [1.54, 1.807) is 0 Å². The van der Waals surface area contributed by atoms with Crippen LogP contribution in [-0.4, -0.2) is 11.6 Å². The molecule has 1 unspecified atom stereocenters. The molecule has 0 amide bonds. The van der Waals surface area contributed by atoms with Crippen LogP contribution in [0.15, 0.2) is 78.9 Å². The molecule has 3 aromatic rings. The van der Waals surface area contributed by atoms with Crippen LogP contribution in [0.4, 0.5) is 0 Å². The minimum absolute atomic E-state index is 0.164. The van der Waals surface area contributed by atoms with Crippen LogP contribution in [-0.2, 0) is 10.2 Å². The van der Waals surface area contributed by atoms with Crippen LogP contribution < -0.4 is 9.47 Å². The number of rotatable bonds is 6. The van der Waals surface area contributed by atoms with Gasteiger partial charge in [-0.3, -0.25) is 4.79 Å². The molecule has 1 atom stereocenters. The van der Waals surface area contributed by atoms with Gasteiger partial charge < -0.3 is 9.47 Å². The number of carbonyl (C=O) groups is 1. The second-order valence-electron chi connectivity index (χ2n) is 9.33. The zero-order valence-corrected chi connectivity index (χ0v) is 19.3. The summed E-state index contributed by atoms with van der Waals surface area (Å²) in [6.45, 7) is 12.0. The van der Waals surface area contributed by atoms with Crippen molar-refractivity contribution in [1.29, 1.82) is 0 Å². The molecular formula is C28H32O3. The minimum Gasteiger partial charge on any atom is -0.488 e. The van der Waals surface area contributed by atoms with Crippen LogP contribution in [0.25, 0.3) is 0 Å². The molecule has 3 rings (SSSR count). The van der Waals surface area contributed by atoms with Gasteiger partial charge in [-0.2, -0.15) is 0 Å². The van der Waals surface area contributed by atoms with Crippen LogP contribution in [0.1, 0.15) is 58.2 Å². The van der Waals surface area contributed by atoms with Gasteiger partial charge in [0.1, 0.15) is 17.1 Å². The quantitative estimate of drug-likeness (QED) is 0.252. The summed E-state index contributed by atoms with van der Waals surface area (Å²) in [5.41, 5.74) is 2.85. The minimum atomic E-state index is -0.373. The smallest absolute Gasteiger partial charge is 0.313 e. The van der Waals surface area contributed by atoms with Crippen molar-refractivity contribution in [2.45, 2.75) is 52.6 Å². The Kier molecular flexibility index (Phi) is 6.54. The van der Waals surface area contributed by atoms with E-state index in [0.717, 1.165) is 16.9 Å². The molecule has 3 nitrogen and oxygen atoms in total. The highest BCUT2D eigenvalue weighted by Gasteiger charge is 2.31. The molecule has 0 bridgehead atoms. The molecule has 0 saturated heterocycles. The third kappa shape index (κ3) is 5.35. The monoisotopic (exact) mass is 416 g/mol. The lowest BCUT2D eigenvalue weighted by Gasteiger charge is -2.32. The Bertz CT molecular complexity index is 997. The Hall–Kier alpha value is -3.07. The lowest BCUT2D eigenvalue weighted by Crippen LogP contribution is -2.26. The molecule has 3 aromatic carbocycles. The molecule has 0 heterocycles. The Morgan fingerprint density at radius 3 is 1.58 bits per heavy atom. The summed E-state index contributed by atoms with van der Waals surface area (Å²) >= 11 is 0. The first-order valence-corrected chi connectivity index (χ1v) is 10.8. The standard InChI is InChI=1S/C28H32O3/c1-20(2)26(29)30-24-16-12-22(13-17-24)28(6,21-10-8-7-9-11-21)23-14-18-25(19-15-23)31-27(3,4)5/h7-20H,1-6H3. The molecule has 31 heavy (non-hydrogen) atoms. The Morgan fingerprint density at radius 2 is 1.13 bits per heavy atom. The van der Waals surface area contributed by atoms with E-state index in [2.05, 4.69) is 43.3 Å². The van der Waals surface area contributed by atoms with E-state index in [9.17, 15) is 4.79 Å². The number of benzene rings is 3. The van der Waals surface area contributed by atoms with Gasteiger partial charge in [-0.1, -0.05) is 68.4 Å². The predicted octanol–water partition coefficient (Wildman–Crippen LogP) is 6.78. The zero-order chi connectivity index (χ0) is 22.6. The average Bonchev–Trinajstić information content (AvgIpc) is 2.73. The van der Waals surface area contributed by atoms with Gasteiger partial charge in [-0.05, 0) is 68.7 Å². The van der Waals surface area contributed by atoms with Crippen LogP contribution in [0.3, 0.4) is 0 Å². The summed E-state index contributed by atoms with van der Waals surface area (Å²) in [7, 11) is 0. The molecule has 0 spiro atoms. The van der Waals surface area contributed by atoms with Gasteiger partial charge in [0.05, 0.1) is 5.92 Å². The van der Waals surface area contributed by atoms with Crippen molar-refractivity contribution in [3.8, 4) is 11.5 Å². The largest absolute Gasteiger partial charge is 0.488 e. The van der Waals surface area contributed by atoms with Crippen LogP contribution in [0.2, 0.25) is 0 Å². The van der Waals surface area contributed by atoms with Gasteiger partial charge >= 0.3 is 5.97 Å². The summed E-state index contributed by atoms with van der Waals surface area (Å²) < 4.78 is 11.5. The van der Waals surface area contributed by atoms with Crippen molar-refractivity contribution in [3.63, 3.8) is 0 Å². The molecule has 0 N–H and O–H groups in total. The Labute approximate surface area is 186 Å². The summed E-state index contributed by atoms with van der Waals surface area (Å²) in [5, 5.41) is 0. The lowest BCUT2D eigenvalue weighted by molar-refractivity contribution is -0.137. The van der Waals surface area contributed by atoms with Crippen LogP contribution >= 0.6 is 0 Å². The highest BCUT2D eigenvalue weighted by Crippen LogP contribution is 2.40. The van der Waals surface area contributed by atoms with Crippen molar-refractivity contribution in [1.82, 2.24) is 0 Å². The van der Waals surface area contributed by atoms with Gasteiger partial charge in [-0.15, -0.1) is 0 Å². The average molecular weight is 417 g/mol. The molecule has 0 fully saturated rings. The second kappa shape index (κ2) is 8.97. The van der Waals surface area contributed by atoms with Crippen molar-refractivity contribution in [3.05, 3.63) is 95.6 Å². The first-order valence-electron chi connectivity index (χ1n) is 10.8. The highest BCUT2D eigenvalue weighted by molar-refractivity contribution is 5.74. The van der Waals surface area contributed by atoms with Crippen LogP contribution in [0, 0.1) is 5.92 Å². The topological polar surface area (TPSA) is 35.5 Å². The van der Waals surface area contributed by atoms with Crippen molar-refractivity contribution in [2.24, 2.45) is 5.92 Å². The molecule has 3 heteroatoms. The number of ether oxygens (including phenoxy) is 2. The first-order chi connectivity index (χ1) is 14.6. The third-order valence-corrected chi connectivity index (χ3v) is 5.33. The fourth-order valence-corrected chi connectivity index (χ4v) is 3.57. The van der Waals surface area contributed by atoms with Gasteiger partial charge in [0.15, 0.2) is 0 Å². The van der Waals surface area contributed by atoms with Crippen LogP contribution in [0.5, 0.6) is 11.5 Å².